The zero-order valence-electron chi connectivity index (χ0n) is 15.6. The average molecular weight is 372 g/mol. The van der Waals surface area contributed by atoms with E-state index in [-0.39, 0.29) is 0 Å². The molecular weight excluding hydrogens is 344 g/mol. The van der Waals surface area contributed by atoms with Gasteiger partial charge < -0.3 is 20.1 Å². The van der Waals surface area contributed by atoms with E-state index in [1.165, 1.54) is 0 Å². The van der Waals surface area contributed by atoms with Crippen LogP contribution in [0, 0.1) is 0 Å². The molecule has 0 aromatic heterocycles. The van der Waals surface area contributed by atoms with Gasteiger partial charge in [-0.1, -0.05) is 0 Å². The predicted molar refractivity (Wildman–Crippen MR) is 101 cm³/mol. The minimum atomic E-state index is -3.30. The van der Waals surface area contributed by atoms with Crippen molar-refractivity contribution >= 4 is 21.7 Å². The Bertz CT molecular complexity index is 702. The molecule has 142 valence electrons. The van der Waals surface area contributed by atoms with Crippen molar-refractivity contribution in [2.24, 2.45) is 4.99 Å². The van der Waals surface area contributed by atoms with Crippen molar-refractivity contribution in [2.75, 3.05) is 38.9 Å². The maximum atomic E-state index is 11.4. The van der Waals surface area contributed by atoms with Gasteiger partial charge in [-0.15, -0.1) is 0 Å². The lowest BCUT2D eigenvalue weighted by atomic mass is 10.1. The highest BCUT2D eigenvalue weighted by atomic mass is 32.2. The Labute approximate surface area is 150 Å². The molecule has 0 spiro atoms. The van der Waals surface area contributed by atoms with Crippen molar-refractivity contribution in [1.29, 1.82) is 0 Å². The van der Waals surface area contributed by atoms with Gasteiger partial charge in [0.1, 0.15) is 0 Å². The summed E-state index contributed by atoms with van der Waals surface area (Å²) in [5, 5.41) is 6.24. The highest BCUT2D eigenvalue weighted by molar-refractivity contribution is 7.88. The number of methoxy groups -OCH3 is 1. The molecule has 0 saturated heterocycles. The topological polar surface area (TPSA) is 101 Å². The zero-order valence-corrected chi connectivity index (χ0v) is 16.5. The number of hydrogen-bond acceptors (Lipinski definition) is 5. The molecule has 8 nitrogen and oxygen atoms in total. The van der Waals surface area contributed by atoms with E-state index in [4.69, 9.17) is 9.47 Å². The van der Waals surface area contributed by atoms with E-state index in [1.807, 2.05) is 19.1 Å². The Balaban J connectivity index is 2.78. The van der Waals surface area contributed by atoms with Gasteiger partial charge in [-0.25, -0.2) is 13.1 Å². The number of nitrogens with zero attached hydrogens (tertiary/aromatic N) is 1. The van der Waals surface area contributed by atoms with Crippen molar-refractivity contribution in [2.45, 2.75) is 26.3 Å². The second-order valence-corrected chi connectivity index (χ2v) is 7.86. The number of rotatable bonds is 8. The Kier molecular flexibility index (Phi) is 7.50. The first-order valence-corrected chi connectivity index (χ1v) is 9.77. The lowest BCUT2D eigenvalue weighted by Crippen LogP contribution is -2.51. The predicted octanol–water partition coefficient (Wildman–Crippen LogP) is 1.41. The van der Waals surface area contributed by atoms with Gasteiger partial charge in [0.15, 0.2) is 17.5 Å². The van der Waals surface area contributed by atoms with Crippen LogP contribution >= 0.6 is 0 Å². The number of sulfonamides is 1. The Morgan fingerprint density at radius 3 is 2.48 bits per heavy atom. The molecule has 0 saturated carbocycles. The van der Waals surface area contributed by atoms with Gasteiger partial charge in [0.05, 0.1) is 20.0 Å². The van der Waals surface area contributed by atoms with E-state index >= 15 is 0 Å². The highest BCUT2D eigenvalue weighted by Gasteiger charge is 2.22. The lowest BCUT2D eigenvalue weighted by molar-refractivity contribution is 0.311. The minimum absolute atomic E-state index is 0.355. The molecule has 0 fully saturated rings. The summed E-state index contributed by atoms with van der Waals surface area (Å²) >= 11 is 0. The summed E-state index contributed by atoms with van der Waals surface area (Å²) in [5.41, 5.74) is 0.105. The molecule has 1 aromatic carbocycles. The van der Waals surface area contributed by atoms with Gasteiger partial charge in [-0.05, 0) is 32.9 Å². The summed E-state index contributed by atoms with van der Waals surface area (Å²) in [6.45, 7) is 6.35. The van der Waals surface area contributed by atoms with E-state index < -0.39 is 15.6 Å². The van der Waals surface area contributed by atoms with Crippen LogP contribution < -0.4 is 24.8 Å². The molecule has 0 atom stereocenters. The standard InChI is InChI=1S/C16H28N4O4S/c1-7-24-14-10-12(8-9-13(14)23-5)19-15(17-4)18-11-16(2,3)20-25(6,21)22/h8-10,20H,7,11H2,1-6H3,(H2,17,18,19). The van der Waals surface area contributed by atoms with Crippen LogP contribution in [0.5, 0.6) is 11.5 Å². The van der Waals surface area contributed by atoms with E-state index in [1.54, 1.807) is 34.1 Å². The molecule has 0 heterocycles. The minimum Gasteiger partial charge on any atom is -0.493 e. The van der Waals surface area contributed by atoms with Gasteiger partial charge in [-0.3, -0.25) is 4.99 Å². The number of hydrogen-bond donors (Lipinski definition) is 3. The highest BCUT2D eigenvalue weighted by Crippen LogP contribution is 2.30. The number of guanidine groups is 1. The molecule has 0 bridgehead atoms. The van der Waals surface area contributed by atoms with E-state index in [0.717, 1.165) is 11.9 Å². The van der Waals surface area contributed by atoms with Crippen LogP contribution in [-0.4, -0.2) is 53.5 Å². The average Bonchev–Trinajstić information content (AvgIpc) is 2.49. The molecular formula is C16H28N4O4S. The number of benzene rings is 1. The SMILES string of the molecule is CCOc1cc(NC(=NC)NCC(C)(C)NS(C)(=O)=O)ccc1OC. The molecule has 0 aliphatic rings. The number of ether oxygens (including phenoxy) is 2. The van der Waals surface area contributed by atoms with E-state index in [0.29, 0.717) is 30.6 Å². The number of nitrogens with one attached hydrogen (secondary N) is 3. The van der Waals surface area contributed by atoms with Gasteiger partial charge in [0.25, 0.3) is 0 Å². The van der Waals surface area contributed by atoms with E-state index in [9.17, 15) is 8.42 Å². The number of anilines is 1. The van der Waals surface area contributed by atoms with E-state index in [2.05, 4.69) is 20.3 Å². The lowest BCUT2D eigenvalue weighted by Gasteiger charge is -2.26. The normalized spacial score (nSPS) is 12.6. The van der Waals surface area contributed by atoms with Gasteiger partial charge >= 0.3 is 0 Å². The monoisotopic (exact) mass is 372 g/mol. The van der Waals surface area contributed by atoms with Crippen molar-refractivity contribution in [1.82, 2.24) is 10.0 Å². The molecule has 9 heteroatoms. The van der Waals surface area contributed by atoms with Crippen molar-refractivity contribution in [3.8, 4) is 11.5 Å². The Hall–Kier alpha value is -2.00. The first-order chi connectivity index (χ1) is 11.6. The number of aliphatic imine (C=N–C) groups is 1. The van der Waals surface area contributed by atoms with Crippen LogP contribution in [0.25, 0.3) is 0 Å². The van der Waals surface area contributed by atoms with Crippen molar-refractivity contribution in [3.05, 3.63) is 18.2 Å². The zero-order chi connectivity index (χ0) is 19.1. The second kappa shape index (κ2) is 8.91. The molecule has 3 N–H and O–H groups in total. The summed E-state index contributed by atoms with van der Waals surface area (Å²) in [5.74, 6) is 1.79. The summed E-state index contributed by atoms with van der Waals surface area (Å²) in [7, 11) is -0.0718. The third-order valence-corrected chi connectivity index (χ3v) is 4.03. The van der Waals surface area contributed by atoms with Crippen LogP contribution in [0.4, 0.5) is 5.69 Å². The maximum Gasteiger partial charge on any atom is 0.209 e. The first-order valence-electron chi connectivity index (χ1n) is 7.87. The largest absolute Gasteiger partial charge is 0.493 e. The van der Waals surface area contributed by atoms with Crippen LogP contribution in [0.2, 0.25) is 0 Å². The maximum absolute atomic E-state index is 11.4. The van der Waals surface area contributed by atoms with Crippen LogP contribution in [0.1, 0.15) is 20.8 Å². The fourth-order valence-electron chi connectivity index (χ4n) is 2.18. The van der Waals surface area contributed by atoms with Crippen LogP contribution in [0.15, 0.2) is 23.2 Å². The fourth-order valence-corrected chi connectivity index (χ4v) is 3.26. The molecule has 25 heavy (non-hydrogen) atoms. The van der Waals surface area contributed by atoms with Gasteiger partial charge in [-0.2, -0.15) is 0 Å². The Morgan fingerprint density at radius 2 is 1.96 bits per heavy atom. The second-order valence-electron chi connectivity index (χ2n) is 6.11. The summed E-state index contributed by atoms with van der Waals surface area (Å²) in [6.07, 6.45) is 1.13. The molecule has 0 aliphatic heterocycles. The first kappa shape index (κ1) is 21.0. The molecule has 1 rings (SSSR count). The third kappa shape index (κ3) is 7.61. The summed E-state index contributed by atoms with van der Waals surface area (Å²) < 4.78 is 36.2. The van der Waals surface area contributed by atoms with Crippen LogP contribution in [-0.2, 0) is 10.0 Å². The van der Waals surface area contributed by atoms with Gasteiger partial charge in [0, 0.05) is 30.9 Å². The third-order valence-electron chi connectivity index (χ3n) is 3.11. The van der Waals surface area contributed by atoms with Gasteiger partial charge in [0.2, 0.25) is 10.0 Å². The fraction of sp³-hybridized carbons (Fsp3) is 0.562. The smallest absolute Gasteiger partial charge is 0.209 e. The molecule has 0 radical (unpaired) electrons. The molecule has 1 aromatic rings. The summed E-state index contributed by atoms with van der Waals surface area (Å²) in [4.78, 5) is 4.15. The quantitative estimate of drug-likeness (QED) is 0.471. The Morgan fingerprint density at radius 1 is 1.28 bits per heavy atom. The molecule has 0 aliphatic carbocycles. The molecule has 0 amide bonds. The summed E-state index contributed by atoms with van der Waals surface area (Å²) in [6, 6.07) is 5.46. The van der Waals surface area contributed by atoms with Crippen molar-refractivity contribution < 1.29 is 17.9 Å². The van der Waals surface area contributed by atoms with Crippen molar-refractivity contribution in [3.63, 3.8) is 0 Å². The van der Waals surface area contributed by atoms with Crippen LogP contribution in [0.3, 0.4) is 0 Å². The molecule has 0 unspecified atom stereocenters.